The third-order valence-electron chi connectivity index (χ3n) is 4.29. The van der Waals surface area contributed by atoms with Crippen LogP contribution in [-0.4, -0.2) is 42.2 Å². The molecule has 2 atom stereocenters. The first-order chi connectivity index (χ1) is 10.9. The number of nitrogens with one attached hydrogen (secondary N) is 1. The molecule has 5 heteroatoms. The Morgan fingerprint density at radius 1 is 1.35 bits per heavy atom. The number of carbonyl (C=O) groups is 1. The number of aliphatic hydroxyl groups excluding tert-OH is 1. The number of likely N-dealkylation sites (N-methyl/N-ethyl adjacent to an activating group) is 1. The highest BCUT2D eigenvalue weighted by atomic mass is 19.1. The van der Waals surface area contributed by atoms with E-state index in [-0.39, 0.29) is 36.3 Å². The fourth-order valence-electron chi connectivity index (χ4n) is 2.78. The SMILES string of the molecule is CC(C)C(NC(=O)CN(C)CC(O)C1CC1)c1ccc(F)cc1. The summed E-state index contributed by atoms with van der Waals surface area (Å²) in [6, 6.07) is 6.09. The molecule has 4 nitrogen and oxygen atoms in total. The average molecular weight is 322 g/mol. The molecule has 0 spiro atoms. The molecule has 0 radical (unpaired) electrons. The molecule has 1 amide bonds. The van der Waals surface area contributed by atoms with Crippen molar-refractivity contribution >= 4 is 5.91 Å². The Morgan fingerprint density at radius 3 is 2.48 bits per heavy atom. The van der Waals surface area contributed by atoms with E-state index in [1.807, 2.05) is 25.8 Å². The summed E-state index contributed by atoms with van der Waals surface area (Å²) >= 11 is 0. The average Bonchev–Trinajstić information content (AvgIpc) is 3.30. The Morgan fingerprint density at radius 2 is 1.96 bits per heavy atom. The number of hydrogen-bond acceptors (Lipinski definition) is 3. The topological polar surface area (TPSA) is 52.6 Å². The van der Waals surface area contributed by atoms with Gasteiger partial charge in [-0.3, -0.25) is 9.69 Å². The molecule has 0 heterocycles. The molecule has 1 aromatic rings. The number of halogens is 1. The van der Waals surface area contributed by atoms with Gasteiger partial charge in [0.1, 0.15) is 5.82 Å². The van der Waals surface area contributed by atoms with Gasteiger partial charge in [0.2, 0.25) is 5.91 Å². The second-order valence-corrected chi connectivity index (χ2v) is 6.94. The molecule has 1 aliphatic carbocycles. The van der Waals surface area contributed by atoms with Gasteiger partial charge in [0.05, 0.1) is 18.7 Å². The molecular weight excluding hydrogens is 295 g/mol. The highest BCUT2D eigenvalue weighted by molar-refractivity contribution is 5.78. The van der Waals surface area contributed by atoms with Crippen LogP contribution in [0.5, 0.6) is 0 Å². The molecule has 1 saturated carbocycles. The van der Waals surface area contributed by atoms with Crippen LogP contribution in [0.4, 0.5) is 4.39 Å². The third kappa shape index (κ3) is 5.59. The summed E-state index contributed by atoms with van der Waals surface area (Å²) < 4.78 is 13.1. The zero-order valence-corrected chi connectivity index (χ0v) is 14.1. The van der Waals surface area contributed by atoms with Crippen molar-refractivity contribution in [1.29, 1.82) is 0 Å². The molecular formula is C18H27FN2O2. The van der Waals surface area contributed by atoms with Gasteiger partial charge in [-0.05, 0) is 49.4 Å². The van der Waals surface area contributed by atoms with Gasteiger partial charge in [-0.25, -0.2) is 4.39 Å². The minimum absolute atomic E-state index is 0.0847. The second kappa shape index (κ2) is 7.88. The second-order valence-electron chi connectivity index (χ2n) is 6.94. The Kier molecular flexibility index (Phi) is 6.13. The molecule has 1 fully saturated rings. The fourth-order valence-corrected chi connectivity index (χ4v) is 2.78. The smallest absolute Gasteiger partial charge is 0.234 e. The molecule has 0 saturated heterocycles. The van der Waals surface area contributed by atoms with Crippen molar-refractivity contribution in [2.24, 2.45) is 11.8 Å². The Labute approximate surface area is 137 Å². The maximum Gasteiger partial charge on any atom is 0.234 e. The summed E-state index contributed by atoms with van der Waals surface area (Å²) in [5.74, 6) is 0.241. The lowest BCUT2D eigenvalue weighted by Gasteiger charge is -2.25. The van der Waals surface area contributed by atoms with Crippen LogP contribution in [0.2, 0.25) is 0 Å². The Balaban J connectivity index is 1.88. The molecule has 1 aliphatic rings. The summed E-state index contributed by atoms with van der Waals surface area (Å²) in [4.78, 5) is 14.1. The minimum Gasteiger partial charge on any atom is -0.392 e. The highest BCUT2D eigenvalue weighted by Gasteiger charge is 2.30. The highest BCUT2D eigenvalue weighted by Crippen LogP contribution is 2.32. The maximum atomic E-state index is 13.1. The molecule has 2 rings (SSSR count). The van der Waals surface area contributed by atoms with Gasteiger partial charge in [-0.2, -0.15) is 0 Å². The van der Waals surface area contributed by atoms with E-state index in [0.717, 1.165) is 18.4 Å². The Bertz CT molecular complexity index is 514. The van der Waals surface area contributed by atoms with Gasteiger partial charge in [-0.15, -0.1) is 0 Å². The van der Waals surface area contributed by atoms with Crippen molar-refractivity contribution in [3.8, 4) is 0 Å². The lowest BCUT2D eigenvalue weighted by atomic mass is 9.96. The largest absolute Gasteiger partial charge is 0.392 e. The van der Waals surface area contributed by atoms with E-state index in [4.69, 9.17) is 0 Å². The van der Waals surface area contributed by atoms with E-state index in [9.17, 15) is 14.3 Å². The maximum absolute atomic E-state index is 13.1. The molecule has 1 aromatic carbocycles. The van der Waals surface area contributed by atoms with Gasteiger partial charge >= 0.3 is 0 Å². The van der Waals surface area contributed by atoms with Crippen molar-refractivity contribution < 1.29 is 14.3 Å². The summed E-state index contributed by atoms with van der Waals surface area (Å²) in [6.07, 6.45) is 1.83. The van der Waals surface area contributed by atoms with Gasteiger partial charge in [0, 0.05) is 6.54 Å². The molecule has 2 N–H and O–H groups in total. The summed E-state index contributed by atoms with van der Waals surface area (Å²) in [7, 11) is 1.84. The number of amides is 1. The predicted octanol–water partition coefficient (Wildman–Crippen LogP) is 2.34. The summed E-state index contributed by atoms with van der Waals surface area (Å²) in [5, 5.41) is 13.0. The van der Waals surface area contributed by atoms with Crippen LogP contribution in [0.3, 0.4) is 0 Å². The van der Waals surface area contributed by atoms with Gasteiger partial charge in [0.25, 0.3) is 0 Å². The van der Waals surface area contributed by atoms with Crippen molar-refractivity contribution in [3.63, 3.8) is 0 Å². The van der Waals surface area contributed by atoms with Crippen molar-refractivity contribution in [2.45, 2.75) is 38.8 Å². The molecule has 0 bridgehead atoms. The summed E-state index contributed by atoms with van der Waals surface area (Å²) in [6.45, 7) is 4.80. The van der Waals surface area contributed by atoms with Crippen LogP contribution in [0.1, 0.15) is 38.3 Å². The number of nitrogens with zero attached hydrogens (tertiary/aromatic N) is 1. The van der Waals surface area contributed by atoms with E-state index < -0.39 is 0 Å². The predicted molar refractivity (Wildman–Crippen MR) is 88.3 cm³/mol. The summed E-state index contributed by atoms with van der Waals surface area (Å²) in [5.41, 5.74) is 0.899. The fraction of sp³-hybridized carbons (Fsp3) is 0.611. The van der Waals surface area contributed by atoms with E-state index in [0.29, 0.717) is 12.5 Å². The minimum atomic E-state index is -0.342. The van der Waals surface area contributed by atoms with Crippen LogP contribution in [0, 0.1) is 17.7 Å². The van der Waals surface area contributed by atoms with Crippen LogP contribution < -0.4 is 5.32 Å². The van der Waals surface area contributed by atoms with Crippen LogP contribution in [-0.2, 0) is 4.79 Å². The van der Waals surface area contributed by atoms with E-state index in [2.05, 4.69) is 5.32 Å². The number of aliphatic hydroxyl groups is 1. The molecule has 2 unspecified atom stereocenters. The standard InChI is InChI=1S/C18H27FN2O2/c1-12(2)18(14-6-8-15(19)9-7-14)20-17(23)11-21(3)10-16(22)13-4-5-13/h6-9,12-13,16,18,22H,4-5,10-11H2,1-3H3,(H,20,23). The first kappa shape index (κ1) is 17.9. The number of carbonyl (C=O) groups excluding carboxylic acids is 1. The third-order valence-corrected chi connectivity index (χ3v) is 4.29. The van der Waals surface area contributed by atoms with Gasteiger partial charge in [0.15, 0.2) is 0 Å². The van der Waals surface area contributed by atoms with Crippen molar-refractivity contribution in [3.05, 3.63) is 35.6 Å². The zero-order valence-electron chi connectivity index (χ0n) is 14.1. The number of rotatable bonds is 8. The Hall–Kier alpha value is -1.46. The quantitative estimate of drug-likeness (QED) is 0.772. The molecule has 128 valence electrons. The van der Waals surface area contributed by atoms with E-state index in [1.54, 1.807) is 12.1 Å². The van der Waals surface area contributed by atoms with Gasteiger partial charge in [-0.1, -0.05) is 26.0 Å². The molecule has 23 heavy (non-hydrogen) atoms. The first-order valence-electron chi connectivity index (χ1n) is 8.28. The van der Waals surface area contributed by atoms with Crippen LogP contribution >= 0.6 is 0 Å². The lowest BCUT2D eigenvalue weighted by molar-refractivity contribution is -0.123. The number of benzene rings is 1. The monoisotopic (exact) mass is 322 g/mol. The number of hydrogen-bond donors (Lipinski definition) is 2. The van der Waals surface area contributed by atoms with Crippen molar-refractivity contribution in [2.75, 3.05) is 20.1 Å². The molecule has 0 aromatic heterocycles. The van der Waals surface area contributed by atoms with Crippen molar-refractivity contribution in [1.82, 2.24) is 10.2 Å². The molecule has 0 aliphatic heterocycles. The normalized spacial score (nSPS) is 17.3. The lowest BCUT2D eigenvalue weighted by Crippen LogP contribution is -2.41. The van der Waals surface area contributed by atoms with E-state index in [1.165, 1.54) is 12.1 Å². The van der Waals surface area contributed by atoms with Crippen LogP contribution in [0.25, 0.3) is 0 Å². The van der Waals surface area contributed by atoms with Gasteiger partial charge < -0.3 is 10.4 Å². The van der Waals surface area contributed by atoms with E-state index >= 15 is 0 Å². The first-order valence-corrected chi connectivity index (χ1v) is 8.28. The van der Waals surface area contributed by atoms with Crippen LogP contribution in [0.15, 0.2) is 24.3 Å². The zero-order chi connectivity index (χ0) is 17.0.